The smallest absolute Gasteiger partial charge is 0.336 e. The van der Waals surface area contributed by atoms with Crippen LogP contribution in [0, 0.1) is 0 Å². The molecule has 0 atom stereocenters. The van der Waals surface area contributed by atoms with Gasteiger partial charge in [-0.1, -0.05) is 70.5 Å². The first-order chi connectivity index (χ1) is 9.20. The van der Waals surface area contributed by atoms with Crippen LogP contribution in [0.4, 0.5) is 0 Å². The van der Waals surface area contributed by atoms with Crippen LogP contribution in [-0.2, 0) is 10.1 Å². The van der Waals surface area contributed by atoms with Crippen molar-refractivity contribution in [3.05, 3.63) is 71.3 Å². The van der Waals surface area contributed by atoms with Crippen LogP contribution >= 0.6 is 15.9 Å². The fourth-order valence-electron chi connectivity index (χ4n) is 1.82. The summed E-state index contributed by atoms with van der Waals surface area (Å²) in [6, 6.07) is 16.9. The Kier molecular flexibility index (Phi) is 4.53. The summed E-state index contributed by atoms with van der Waals surface area (Å²) < 4.78 is 0. The Morgan fingerprint density at radius 3 is 2.47 bits per heavy atom. The SMILES string of the molecule is O=C(O)C(=Cc1cccc(CBr)c1)c1ccccc1. The number of rotatable bonds is 4. The molecule has 2 aromatic rings. The van der Waals surface area contributed by atoms with Crippen molar-refractivity contribution in [2.24, 2.45) is 0 Å². The molecule has 96 valence electrons. The second-order valence-corrected chi connectivity index (χ2v) is 4.67. The molecule has 0 unspecified atom stereocenters. The zero-order valence-corrected chi connectivity index (χ0v) is 11.8. The van der Waals surface area contributed by atoms with Crippen molar-refractivity contribution in [1.82, 2.24) is 0 Å². The van der Waals surface area contributed by atoms with Crippen molar-refractivity contribution in [2.45, 2.75) is 5.33 Å². The highest BCUT2D eigenvalue weighted by Gasteiger charge is 2.09. The van der Waals surface area contributed by atoms with Gasteiger partial charge in [-0.2, -0.15) is 0 Å². The molecule has 1 N–H and O–H groups in total. The molecule has 0 aliphatic rings. The lowest BCUT2D eigenvalue weighted by Gasteiger charge is -2.04. The number of halogens is 1. The third-order valence-electron chi connectivity index (χ3n) is 2.73. The van der Waals surface area contributed by atoms with E-state index in [1.54, 1.807) is 18.2 Å². The summed E-state index contributed by atoms with van der Waals surface area (Å²) >= 11 is 3.39. The van der Waals surface area contributed by atoms with Crippen LogP contribution < -0.4 is 0 Å². The summed E-state index contributed by atoms with van der Waals surface area (Å²) in [6.07, 6.45) is 1.70. The molecule has 3 heteroatoms. The first kappa shape index (κ1) is 13.6. The number of carboxylic acids is 1. The third-order valence-corrected chi connectivity index (χ3v) is 3.38. The molecular formula is C16H13BrO2. The fourth-order valence-corrected chi connectivity index (χ4v) is 2.17. The normalized spacial score (nSPS) is 11.3. The number of benzene rings is 2. The van der Waals surface area contributed by atoms with E-state index in [1.165, 1.54) is 0 Å². The molecule has 0 saturated carbocycles. The van der Waals surface area contributed by atoms with Crippen LogP contribution in [0.25, 0.3) is 11.6 Å². The van der Waals surface area contributed by atoms with Crippen molar-refractivity contribution >= 4 is 33.5 Å². The van der Waals surface area contributed by atoms with Crippen LogP contribution in [0.5, 0.6) is 0 Å². The number of carboxylic acid groups (broad SMARTS) is 1. The molecule has 0 aliphatic carbocycles. The molecule has 0 amide bonds. The monoisotopic (exact) mass is 316 g/mol. The Balaban J connectivity index is 2.44. The molecule has 0 saturated heterocycles. The lowest BCUT2D eigenvalue weighted by atomic mass is 10.0. The molecular weight excluding hydrogens is 304 g/mol. The van der Waals surface area contributed by atoms with Gasteiger partial charge in [0.2, 0.25) is 0 Å². The van der Waals surface area contributed by atoms with Gasteiger partial charge in [0.25, 0.3) is 0 Å². The van der Waals surface area contributed by atoms with E-state index in [-0.39, 0.29) is 0 Å². The van der Waals surface area contributed by atoms with E-state index >= 15 is 0 Å². The van der Waals surface area contributed by atoms with Crippen LogP contribution in [0.1, 0.15) is 16.7 Å². The Bertz CT molecular complexity index is 603. The maximum atomic E-state index is 11.4. The minimum Gasteiger partial charge on any atom is -0.478 e. The first-order valence-corrected chi connectivity index (χ1v) is 6.98. The fraction of sp³-hybridized carbons (Fsp3) is 0.0625. The average Bonchev–Trinajstić information content (AvgIpc) is 2.45. The standard InChI is InChI=1S/C16H13BrO2/c17-11-13-6-4-5-12(9-13)10-15(16(18)19)14-7-2-1-3-8-14/h1-10H,11H2,(H,18,19). The quantitative estimate of drug-likeness (QED) is 0.521. The molecule has 0 radical (unpaired) electrons. The Labute approximate surface area is 120 Å². The van der Waals surface area contributed by atoms with Gasteiger partial charge in [-0.3, -0.25) is 0 Å². The number of alkyl halides is 1. The summed E-state index contributed by atoms with van der Waals surface area (Å²) in [4.78, 5) is 11.4. The number of hydrogen-bond donors (Lipinski definition) is 1. The molecule has 0 heterocycles. The topological polar surface area (TPSA) is 37.3 Å². The summed E-state index contributed by atoms with van der Waals surface area (Å²) in [5.41, 5.74) is 3.01. The average molecular weight is 317 g/mol. The zero-order valence-electron chi connectivity index (χ0n) is 10.2. The molecule has 2 rings (SSSR count). The summed E-state index contributed by atoms with van der Waals surface area (Å²) in [5.74, 6) is -0.921. The van der Waals surface area contributed by atoms with Gasteiger partial charge in [0.1, 0.15) is 0 Å². The summed E-state index contributed by atoms with van der Waals surface area (Å²) in [6.45, 7) is 0. The summed E-state index contributed by atoms with van der Waals surface area (Å²) in [7, 11) is 0. The second kappa shape index (κ2) is 6.34. The number of carbonyl (C=O) groups is 1. The summed E-state index contributed by atoms with van der Waals surface area (Å²) in [5, 5.41) is 10.1. The second-order valence-electron chi connectivity index (χ2n) is 4.11. The van der Waals surface area contributed by atoms with Crippen LogP contribution in [0.15, 0.2) is 54.6 Å². The highest BCUT2D eigenvalue weighted by atomic mass is 79.9. The van der Waals surface area contributed by atoms with E-state index in [2.05, 4.69) is 15.9 Å². The van der Waals surface area contributed by atoms with Crippen molar-refractivity contribution in [3.8, 4) is 0 Å². The molecule has 2 aromatic carbocycles. The van der Waals surface area contributed by atoms with Crippen LogP contribution in [0.2, 0.25) is 0 Å². The van der Waals surface area contributed by atoms with Gasteiger partial charge in [-0.15, -0.1) is 0 Å². The van der Waals surface area contributed by atoms with Gasteiger partial charge in [0, 0.05) is 5.33 Å². The Hall–Kier alpha value is -1.87. The maximum absolute atomic E-state index is 11.4. The largest absolute Gasteiger partial charge is 0.478 e. The van der Waals surface area contributed by atoms with E-state index in [1.807, 2.05) is 42.5 Å². The highest BCUT2D eigenvalue weighted by Crippen LogP contribution is 2.19. The lowest BCUT2D eigenvalue weighted by molar-refractivity contribution is -0.130. The van der Waals surface area contributed by atoms with E-state index in [4.69, 9.17) is 0 Å². The Morgan fingerprint density at radius 1 is 1.11 bits per heavy atom. The molecule has 0 aliphatic heterocycles. The molecule has 0 aromatic heterocycles. The molecule has 19 heavy (non-hydrogen) atoms. The Morgan fingerprint density at radius 2 is 1.84 bits per heavy atom. The van der Waals surface area contributed by atoms with E-state index in [0.717, 1.165) is 16.5 Å². The lowest BCUT2D eigenvalue weighted by Crippen LogP contribution is -1.99. The van der Waals surface area contributed by atoms with E-state index < -0.39 is 5.97 Å². The van der Waals surface area contributed by atoms with Crippen molar-refractivity contribution in [2.75, 3.05) is 0 Å². The van der Waals surface area contributed by atoms with Gasteiger partial charge in [0.15, 0.2) is 0 Å². The predicted molar refractivity (Wildman–Crippen MR) is 81.0 cm³/mol. The minimum absolute atomic E-state index is 0.298. The van der Waals surface area contributed by atoms with Gasteiger partial charge >= 0.3 is 5.97 Å². The van der Waals surface area contributed by atoms with Gasteiger partial charge in [-0.25, -0.2) is 4.79 Å². The third kappa shape index (κ3) is 3.55. The number of aliphatic carboxylic acids is 1. The predicted octanol–water partition coefficient (Wildman–Crippen LogP) is 4.21. The molecule has 0 bridgehead atoms. The van der Waals surface area contributed by atoms with Crippen LogP contribution in [-0.4, -0.2) is 11.1 Å². The number of hydrogen-bond acceptors (Lipinski definition) is 1. The van der Waals surface area contributed by atoms with E-state index in [0.29, 0.717) is 11.1 Å². The van der Waals surface area contributed by atoms with Gasteiger partial charge in [0.05, 0.1) is 5.57 Å². The molecule has 0 spiro atoms. The van der Waals surface area contributed by atoms with Gasteiger partial charge < -0.3 is 5.11 Å². The van der Waals surface area contributed by atoms with Gasteiger partial charge in [-0.05, 0) is 22.8 Å². The molecule has 0 fully saturated rings. The zero-order chi connectivity index (χ0) is 13.7. The minimum atomic E-state index is -0.921. The van der Waals surface area contributed by atoms with E-state index in [9.17, 15) is 9.90 Å². The van der Waals surface area contributed by atoms with Crippen LogP contribution in [0.3, 0.4) is 0 Å². The van der Waals surface area contributed by atoms with Crippen molar-refractivity contribution in [3.63, 3.8) is 0 Å². The first-order valence-electron chi connectivity index (χ1n) is 5.86. The highest BCUT2D eigenvalue weighted by molar-refractivity contribution is 9.08. The van der Waals surface area contributed by atoms with Crippen molar-refractivity contribution in [1.29, 1.82) is 0 Å². The maximum Gasteiger partial charge on any atom is 0.336 e. The molecule has 2 nitrogen and oxygen atoms in total. The van der Waals surface area contributed by atoms with Crippen molar-refractivity contribution < 1.29 is 9.90 Å².